The van der Waals surface area contributed by atoms with Gasteiger partial charge < -0.3 is 9.47 Å². The van der Waals surface area contributed by atoms with E-state index in [9.17, 15) is 0 Å². The van der Waals surface area contributed by atoms with E-state index < -0.39 is 0 Å². The molecule has 0 N–H and O–H groups in total. The monoisotopic (exact) mass is 284 g/mol. The maximum Gasteiger partial charge on any atom is 0.160 e. The molecule has 2 heteroatoms. The molecule has 1 unspecified atom stereocenters. The molecule has 0 saturated carbocycles. The first-order valence-electron chi connectivity index (χ1n) is 9.11. The van der Waals surface area contributed by atoms with Gasteiger partial charge in [0.2, 0.25) is 0 Å². The zero-order valence-electron chi connectivity index (χ0n) is 13.9. The SMILES string of the molecule is CCCCCCCC(CCCCCC)C1OCCCO1. The maximum absolute atomic E-state index is 5.85. The first kappa shape index (κ1) is 18.0. The Hall–Kier alpha value is -0.0800. The average molecular weight is 284 g/mol. The molecule has 20 heavy (non-hydrogen) atoms. The summed E-state index contributed by atoms with van der Waals surface area (Å²) >= 11 is 0. The van der Waals surface area contributed by atoms with Crippen LogP contribution in [0.25, 0.3) is 0 Å². The maximum atomic E-state index is 5.85. The van der Waals surface area contributed by atoms with E-state index in [0.717, 1.165) is 19.6 Å². The fourth-order valence-electron chi connectivity index (χ4n) is 3.04. The van der Waals surface area contributed by atoms with Gasteiger partial charge in [0.05, 0.1) is 13.2 Å². The standard InChI is InChI=1S/C18H36O2/c1-3-5-7-9-11-14-17(13-10-8-6-4-2)18-19-15-12-16-20-18/h17-18H,3-16H2,1-2H3. The van der Waals surface area contributed by atoms with Crippen LogP contribution in [0.1, 0.15) is 90.9 Å². The lowest BCUT2D eigenvalue weighted by Crippen LogP contribution is -2.32. The molecule has 0 aromatic heterocycles. The Morgan fingerprint density at radius 3 is 1.80 bits per heavy atom. The van der Waals surface area contributed by atoms with Gasteiger partial charge in [-0.05, 0) is 19.3 Å². The van der Waals surface area contributed by atoms with Crippen molar-refractivity contribution in [2.75, 3.05) is 13.2 Å². The summed E-state index contributed by atoms with van der Waals surface area (Å²) in [4.78, 5) is 0. The first-order chi connectivity index (χ1) is 9.88. The minimum atomic E-state index is 0.0940. The van der Waals surface area contributed by atoms with Crippen LogP contribution in [-0.4, -0.2) is 19.5 Å². The Bertz CT molecular complexity index is 200. The van der Waals surface area contributed by atoms with Crippen molar-refractivity contribution in [1.82, 2.24) is 0 Å². The van der Waals surface area contributed by atoms with Crippen LogP contribution in [0.5, 0.6) is 0 Å². The van der Waals surface area contributed by atoms with Gasteiger partial charge in [0, 0.05) is 5.92 Å². The largest absolute Gasteiger partial charge is 0.352 e. The van der Waals surface area contributed by atoms with Crippen LogP contribution in [0.2, 0.25) is 0 Å². The zero-order chi connectivity index (χ0) is 14.5. The second kappa shape index (κ2) is 12.6. The summed E-state index contributed by atoms with van der Waals surface area (Å²) in [5.41, 5.74) is 0. The molecular formula is C18H36O2. The highest BCUT2D eigenvalue weighted by molar-refractivity contribution is 4.67. The summed E-state index contributed by atoms with van der Waals surface area (Å²) in [6, 6.07) is 0. The molecule has 0 radical (unpaired) electrons. The van der Waals surface area contributed by atoms with Crippen molar-refractivity contribution in [3.8, 4) is 0 Å². The van der Waals surface area contributed by atoms with E-state index in [0.29, 0.717) is 5.92 Å². The predicted molar refractivity (Wildman–Crippen MR) is 85.9 cm³/mol. The number of ether oxygens (including phenoxy) is 2. The molecule has 1 fully saturated rings. The van der Waals surface area contributed by atoms with E-state index in [4.69, 9.17) is 9.47 Å². The lowest BCUT2D eigenvalue weighted by atomic mass is 9.93. The van der Waals surface area contributed by atoms with Gasteiger partial charge in [-0.15, -0.1) is 0 Å². The Morgan fingerprint density at radius 1 is 0.750 bits per heavy atom. The van der Waals surface area contributed by atoms with Crippen LogP contribution in [0.3, 0.4) is 0 Å². The number of rotatable bonds is 12. The third kappa shape index (κ3) is 8.26. The van der Waals surface area contributed by atoms with Crippen molar-refractivity contribution in [2.45, 2.75) is 97.2 Å². The summed E-state index contributed by atoms with van der Waals surface area (Å²) < 4.78 is 11.7. The smallest absolute Gasteiger partial charge is 0.160 e. The van der Waals surface area contributed by atoms with Crippen molar-refractivity contribution >= 4 is 0 Å². The molecule has 1 heterocycles. The molecule has 0 bridgehead atoms. The van der Waals surface area contributed by atoms with Gasteiger partial charge >= 0.3 is 0 Å². The Labute approximate surface area is 126 Å². The summed E-state index contributed by atoms with van der Waals surface area (Å²) in [5.74, 6) is 0.633. The van der Waals surface area contributed by atoms with Gasteiger partial charge in [0.25, 0.3) is 0 Å². The van der Waals surface area contributed by atoms with Gasteiger partial charge in [-0.3, -0.25) is 0 Å². The molecular weight excluding hydrogens is 248 g/mol. The van der Waals surface area contributed by atoms with Crippen LogP contribution in [0.4, 0.5) is 0 Å². The summed E-state index contributed by atoms with van der Waals surface area (Å²) in [6.45, 7) is 6.34. The number of hydrogen-bond donors (Lipinski definition) is 0. The molecule has 1 atom stereocenters. The van der Waals surface area contributed by atoms with Crippen LogP contribution in [-0.2, 0) is 9.47 Å². The van der Waals surface area contributed by atoms with Crippen molar-refractivity contribution in [3.05, 3.63) is 0 Å². The molecule has 1 saturated heterocycles. The second-order valence-electron chi connectivity index (χ2n) is 6.28. The number of hydrogen-bond acceptors (Lipinski definition) is 2. The average Bonchev–Trinajstić information content (AvgIpc) is 2.50. The Kier molecular flexibility index (Phi) is 11.4. The third-order valence-corrected chi connectivity index (χ3v) is 4.34. The highest BCUT2D eigenvalue weighted by Gasteiger charge is 2.24. The van der Waals surface area contributed by atoms with Crippen molar-refractivity contribution < 1.29 is 9.47 Å². The van der Waals surface area contributed by atoms with Crippen molar-refractivity contribution in [2.24, 2.45) is 5.92 Å². The van der Waals surface area contributed by atoms with Crippen LogP contribution < -0.4 is 0 Å². The van der Waals surface area contributed by atoms with E-state index in [1.165, 1.54) is 70.6 Å². The molecule has 0 aromatic rings. The Morgan fingerprint density at radius 2 is 1.25 bits per heavy atom. The van der Waals surface area contributed by atoms with E-state index in [-0.39, 0.29) is 6.29 Å². The molecule has 1 aliphatic heterocycles. The predicted octanol–water partition coefficient (Wildman–Crippen LogP) is 5.70. The topological polar surface area (TPSA) is 18.5 Å². The van der Waals surface area contributed by atoms with Gasteiger partial charge in [-0.2, -0.15) is 0 Å². The van der Waals surface area contributed by atoms with Gasteiger partial charge in [0.1, 0.15) is 0 Å². The van der Waals surface area contributed by atoms with E-state index in [2.05, 4.69) is 13.8 Å². The summed E-state index contributed by atoms with van der Waals surface area (Å²) in [7, 11) is 0. The molecule has 0 aliphatic carbocycles. The van der Waals surface area contributed by atoms with E-state index >= 15 is 0 Å². The highest BCUT2D eigenvalue weighted by Crippen LogP contribution is 2.26. The van der Waals surface area contributed by atoms with Gasteiger partial charge in [-0.25, -0.2) is 0 Å². The highest BCUT2D eigenvalue weighted by atomic mass is 16.7. The lowest BCUT2D eigenvalue weighted by molar-refractivity contribution is -0.207. The van der Waals surface area contributed by atoms with Crippen molar-refractivity contribution in [3.63, 3.8) is 0 Å². The molecule has 0 amide bonds. The fourth-order valence-corrected chi connectivity index (χ4v) is 3.04. The van der Waals surface area contributed by atoms with E-state index in [1.54, 1.807) is 0 Å². The first-order valence-corrected chi connectivity index (χ1v) is 9.11. The summed E-state index contributed by atoms with van der Waals surface area (Å²) in [6.07, 6.45) is 16.0. The van der Waals surface area contributed by atoms with Crippen LogP contribution in [0.15, 0.2) is 0 Å². The second-order valence-corrected chi connectivity index (χ2v) is 6.28. The van der Waals surface area contributed by atoms with Crippen molar-refractivity contribution in [1.29, 1.82) is 0 Å². The van der Waals surface area contributed by atoms with Crippen LogP contribution >= 0.6 is 0 Å². The zero-order valence-corrected chi connectivity index (χ0v) is 13.9. The Balaban J connectivity index is 2.22. The minimum Gasteiger partial charge on any atom is -0.352 e. The van der Waals surface area contributed by atoms with Gasteiger partial charge in [0.15, 0.2) is 6.29 Å². The quantitative estimate of drug-likeness (QED) is 0.428. The summed E-state index contributed by atoms with van der Waals surface area (Å²) in [5, 5.41) is 0. The lowest BCUT2D eigenvalue weighted by Gasteiger charge is -2.30. The normalized spacial score (nSPS) is 18.3. The molecule has 1 rings (SSSR count). The van der Waals surface area contributed by atoms with Crippen LogP contribution in [0, 0.1) is 5.92 Å². The molecule has 2 nitrogen and oxygen atoms in total. The fraction of sp³-hybridized carbons (Fsp3) is 1.00. The third-order valence-electron chi connectivity index (χ3n) is 4.34. The number of unbranched alkanes of at least 4 members (excludes halogenated alkanes) is 7. The molecule has 0 spiro atoms. The van der Waals surface area contributed by atoms with E-state index in [1.807, 2.05) is 0 Å². The van der Waals surface area contributed by atoms with Gasteiger partial charge in [-0.1, -0.05) is 71.6 Å². The molecule has 120 valence electrons. The molecule has 1 aliphatic rings. The molecule has 0 aromatic carbocycles. The minimum absolute atomic E-state index is 0.0940.